The van der Waals surface area contributed by atoms with Crippen LogP contribution in [0.4, 0.5) is 5.82 Å². The van der Waals surface area contributed by atoms with Gasteiger partial charge in [-0.2, -0.15) is 9.78 Å². The van der Waals surface area contributed by atoms with E-state index in [1.54, 1.807) is 10.9 Å². The second kappa shape index (κ2) is 6.51. The standard InChI is InChI=1S/C20H22N4O/c1-14-8-10-15(11-9-14)19(25)22-18-13-16(20(2,3)4)23-24(18)17-7-5-6-12-21-17/h5-13H,1-4H3,(H,22,25). The summed E-state index contributed by atoms with van der Waals surface area (Å²) in [5.41, 5.74) is 2.47. The van der Waals surface area contributed by atoms with Gasteiger partial charge < -0.3 is 5.32 Å². The highest BCUT2D eigenvalue weighted by atomic mass is 16.1. The van der Waals surface area contributed by atoms with Crippen molar-refractivity contribution < 1.29 is 4.79 Å². The van der Waals surface area contributed by atoms with Crippen LogP contribution in [-0.4, -0.2) is 20.7 Å². The maximum absolute atomic E-state index is 12.6. The fourth-order valence-corrected chi connectivity index (χ4v) is 2.38. The molecule has 0 fully saturated rings. The molecule has 1 N–H and O–H groups in total. The number of nitrogens with zero attached hydrogens (tertiary/aromatic N) is 3. The first-order chi connectivity index (χ1) is 11.8. The molecule has 5 heteroatoms. The summed E-state index contributed by atoms with van der Waals surface area (Å²) in [4.78, 5) is 16.9. The molecular weight excluding hydrogens is 312 g/mol. The van der Waals surface area contributed by atoms with E-state index in [2.05, 4.69) is 36.2 Å². The van der Waals surface area contributed by atoms with Crippen LogP contribution in [-0.2, 0) is 5.41 Å². The number of carbonyl (C=O) groups excluding carboxylic acids is 1. The summed E-state index contributed by atoms with van der Waals surface area (Å²) in [6.45, 7) is 8.25. The van der Waals surface area contributed by atoms with Gasteiger partial charge in [0.05, 0.1) is 5.69 Å². The van der Waals surface area contributed by atoms with Gasteiger partial charge in [0, 0.05) is 23.2 Å². The van der Waals surface area contributed by atoms with Crippen molar-refractivity contribution in [3.8, 4) is 5.82 Å². The maximum Gasteiger partial charge on any atom is 0.256 e. The third kappa shape index (κ3) is 3.76. The summed E-state index contributed by atoms with van der Waals surface area (Å²) in [6, 6.07) is 15.0. The number of nitrogens with one attached hydrogen (secondary N) is 1. The number of hydrogen-bond donors (Lipinski definition) is 1. The van der Waals surface area contributed by atoms with Gasteiger partial charge in [-0.3, -0.25) is 4.79 Å². The number of anilines is 1. The molecule has 0 radical (unpaired) electrons. The van der Waals surface area contributed by atoms with E-state index in [9.17, 15) is 4.79 Å². The molecule has 0 bridgehead atoms. The van der Waals surface area contributed by atoms with Crippen molar-refractivity contribution in [1.29, 1.82) is 0 Å². The highest BCUT2D eigenvalue weighted by Crippen LogP contribution is 2.26. The Balaban J connectivity index is 1.98. The number of hydrogen-bond acceptors (Lipinski definition) is 3. The van der Waals surface area contributed by atoms with Crippen molar-refractivity contribution in [1.82, 2.24) is 14.8 Å². The highest BCUT2D eigenvalue weighted by Gasteiger charge is 2.22. The smallest absolute Gasteiger partial charge is 0.256 e. The Morgan fingerprint density at radius 1 is 1.08 bits per heavy atom. The SMILES string of the molecule is Cc1ccc(C(=O)Nc2cc(C(C)(C)C)nn2-c2ccccn2)cc1. The molecule has 5 nitrogen and oxygen atoms in total. The zero-order chi connectivity index (χ0) is 18.0. The number of aryl methyl sites for hydroxylation is 1. The number of rotatable bonds is 3. The Kier molecular flexibility index (Phi) is 4.40. The first kappa shape index (κ1) is 16.9. The van der Waals surface area contributed by atoms with E-state index in [4.69, 9.17) is 0 Å². The fourth-order valence-electron chi connectivity index (χ4n) is 2.38. The van der Waals surface area contributed by atoms with E-state index in [1.807, 2.05) is 55.5 Å². The Labute approximate surface area is 147 Å². The normalized spacial score (nSPS) is 11.4. The van der Waals surface area contributed by atoms with Crippen LogP contribution in [0, 0.1) is 6.92 Å². The van der Waals surface area contributed by atoms with Gasteiger partial charge in [-0.25, -0.2) is 4.98 Å². The summed E-state index contributed by atoms with van der Waals surface area (Å²) in [5.74, 6) is 1.10. The van der Waals surface area contributed by atoms with Gasteiger partial charge in [0.25, 0.3) is 5.91 Å². The lowest BCUT2D eigenvalue weighted by Gasteiger charge is -2.13. The van der Waals surface area contributed by atoms with Crippen molar-refractivity contribution in [3.63, 3.8) is 0 Å². The minimum atomic E-state index is -0.169. The molecule has 1 aromatic carbocycles. The van der Waals surface area contributed by atoms with Crippen LogP contribution in [0.15, 0.2) is 54.7 Å². The Bertz CT molecular complexity index is 874. The third-order valence-electron chi connectivity index (χ3n) is 3.90. The van der Waals surface area contributed by atoms with Gasteiger partial charge >= 0.3 is 0 Å². The Hall–Kier alpha value is -2.95. The Morgan fingerprint density at radius 2 is 1.80 bits per heavy atom. The maximum atomic E-state index is 12.6. The molecule has 3 aromatic rings. The summed E-state index contributed by atoms with van der Waals surface area (Å²) < 4.78 is 1.67. The molecule has 0 saturated carbocycles. The monoisotopic (exact) mass is 334 g/mol. The summed E-state index contributed by atoms with van der Waals surface area (Å²) in [6.07, 6.45) is 1.71. The van der Waals surface area contributed by atoms with Crippen molar-refractivity contribution in [3.05, 3.63) is 71.5 Å². The lowest BCUT2D eigenvalue weighted by Crippen LogP contribution is -2.15. The molecule has 0 unspecified atom stereocenters. The van der Waals surface area contributed by atoms with Crippen molar-refractivity contribution in [2.24, 2.45) is 0 Å². The highest BCUT2D eigenvalue weighted by molar-refractivity contribution is 6.04. The molecule has 2 heterocycles. The van der Waals surface area contributed by atoms with Gasteiger partial charge in [-0.05, 0) is 31.2 Å². The molecular formula is C20H22N4O. The van der Waals surface area contributed by atoms with Crippen LogP contribution >= 0.6 is 0 Å². The molecule has 1 amide bonds. The molecule has 128 valence electrons. The van der Waals surface area contributed by atoms with Crippen LogP contribution < -0.4 is 5.32 Å². The molecule has 0 spiro atoms. The molecule has 2 aromatic heterocycles. The first-order valence-corrected chi connectivity index (χ1v) is 8.24. The van der Waals surface area contributed by atoms with E-state index in [0.717, 1.165) is 11.3 Å². The number of benzene rings is 1. The van der Waals surface area contributed by atoms with E-state index in [1.165, 1.54) is 0 Å². The topological polar surface area (TPSA) is 59.8 Å². The summed E-state index contributed by atoms with van der Waals surface area (Å²) >= 11 is 0. The first-order valence-electron chi connectivity index (χ1n) is 8.24. The molecule has 25 heavy (non-hydrogen) atoms. The quantitative estimate of drug-likeness (QED) is 0.783. The van der Waals surface area contributed by atoms with E-state index in [0.29, 0.717) is 17.2 Å². The van der Waals surface area contributed by atoms with Gasteiger partial charge in [0.1, 0.15) is 5.82 Å². The van der Waals surface area contributed by atoms with Crippen LogP contribution in [0.3, 0.4) is 0 Å². The average molecular weight is 334 g/mol. The van der Waals surface area contributed by atoms with E-state index in [-0.39, 0.29) is 11.3 Å². The second-order valence-electron chi connectivity index (χ2n) is 7.08. The number of aromatic nitrogens is 3. The second-order valence-corrected chi connectivity index (χ2v) is 7.08. The lowest BCUT2D eigenvalue weighted by atomic mass is 9.92. The minimum Gasteiger partial charge on any atom is -0.306 e. The molecule has 0 atom stereocenters. The minimum absolute atomic E-state index is 0.136. The van der Waals surface area contributed by atoms with Gasteiger partial charge in [-0.15, -0.1) is 0 Å². The lowest BCUT2D eigenvalue weighted by molar-refractivity contribution is 0.102. The van der Waals surface area contributed by atoms with Crippen LogP contribution in [0.1, 0.15) is 42.4 Å². The largest absolute Gasteiger partial charge is 0.306 e. The van der Waals surface area contributed by atoms with Crippen molar-refractivity contribution in [2.75, 3.05) is 5.32 Å². The predicted octanol–water partition coefficient (Wildman–Crippen LogP) is 4.13. The molecule has 0 aliphatic heterocycles. The van der Waals surface area contributed by atoms with Gasteiger partial charge in [0.2, 0.25) is 0 Å². The average Bonchev–Trinajstić information content (AvgIpc) is 3.00. The molecule has 0 aliphatic rings. The number of pyridine rings is 1. The number of carbonyl (C=O) groups is 1. The summed E-state index contributed by atoms with van der Waals surface area (Å²) in [7, 11) is 0. The summed E-state index contributed by atoms with van der Waals surface area (Å²) in [5, 5.41) is 7.61. The number of amides is 1. The molecule has 3 rings (SSSR count). The van der Waals surface area contributed by atoms with Crippen LogP contribution in [0.25, 0.3) is 5.82 Å². The predicted molar refractivity (Wildman–Crippen MR) is 99.2 cm³/mol. The van der Waals surface area contributed by atoms with Crippen molar-refractivity contribution in [2.45, 2.75) is 33.1 Å². The van der Waals surface area contributed by atoms with E-state index < -0.39 is 0 Å². The Morgan fingerprint density at radius 3 is 2.40 bits per heavy atom. The van der Waals surface area contributed by atoms with E-state index >= 15 is 0 Å². The van der Waals surface area contributed by atoms with Crippen LogP contribution in [0.2, 0.25) is 0 Å². The van der Waals surface area contributed by atoms with Gasteiger partial charge in [-0.1, -0.05) is 44.5 Å². The zero-order valence-electron chi connectivity index (χ0n) is 14.9. The third-order valence-corrected chi connectivity index (χ3v) is 3.90. The zero-order valence-corrected chi connectivity index (χ0v) is 14.9. The molecule has 0 aliphatic carbocycles. The van der Waals surface area contributed by atoms with Gasteiger partial charge in [0.15, 0.2) is 5.82 Å². The van der Waals surface area contributed by atoms with Crippen LogP contribution in [0.5, 0.6) is 0 Å². The fraction of sp³-hybridized carbons (Fsp3) is 0.250. The van der Waals surface area contributed by atoms with Crippen molar-refractivity contribution >= 4 is 11.7 Å². The molecule has 0 saturated heterocycles.